The van der Waals surface area contributed by atoms with E-state index in [0.29, 0.717) is 0 Å². The summed E-state index contributed by atoms with van der Waals surface area (Å²) in [5, 5.41) is 181. The second-order valence-corrected chi connectivity index (χ2v) is 16.7. The molecular formula is C36H60O29. The Bertz CT molecular complexity index is 1540. The molecule has 6 rings (SSSR count). The summed E-state index contributed by atoms with van der Waals surface area (Å²) in [6.45, 7) is 1.96. The third-order valence-corrected chi connectivity index (χ3v) is 12.3. The first-order chi connectivity index (χ1) is 30.5. The van der Waals surface area contributed by atoms with Gasteiger partial charge in [0.1, 0.15) is 122 Å². The van der Waals surface area contributed by atoms with Gasteiger partial charge in [0.15, 0.2) is 43.8 Å². The molecule has 17 N–H and O–H groups in total. The van der Waals surface area contributed by atoms with E-state index in [2.05, 4.69) is 0 Å². The fourth-order valence-corrected chi connectivity index (χ4v) is 8.27. The van der Waals surface area contributed by atoms with E-state index >= 15 is 0 Å². The minimum Gasteiger partial charge on any atom is -0.479 e. The monoisotopic (exact) mass is 956 g/mol. The Balaban J connectivity index is 1.21. The van der Waals surface area contributed by atoms with Crippen molar-refractivity contribution in [3.05, 3.63) is 0 Å². The average Bonchev–Trinajstić information content (AvgIpc) is 3.27. The van der Waals surface area contributed by atoms with Crippen LogP contribution in [0.1, 0.15) is 20.8 Å². The predicted molar refractivity (Wildman–Crippen MR) is 195 cm³/mol. The molecule has 6 fully saturated rings. The van der Waals surface area contributed by atoms with Crippen LogP contribution in [-0.4, -0.2) is 290 Å². The highest BCUT2D eigenvalue weighted by atomic mass is 16.8. The topological polar surface area (TPSA) is 463 Å². The van der Waals surface area contributed by atoms with Crippen molar-refractivity contribution < 1.29 is 144 Å². The van der Waals surface area contributed by atoms with E-state index in [9.17, 15) is 91.6 Å². The van der Waals surface area contributed by atoms with Gasteiger partial charge in [-0.05, 0) is 20.8 Å². The SMILES string of the molecule is CC1OC(OC2C(O)C(CO)OC(OC3C(OC4C(C(=O)O)OC(OC5C(O)C(CO)OC(O)C5OC5OC(C)C(O)C(O)C5O)C(O)C4O)OC(C)C(O)C3O)C2O)C(O)C(O)C1O. The number of aliphatic hydroxyl groups excluding tert-OH is 16. The van der Waals surface area contributed by atoms with Crippen LogP contribution >= 0.6 is 0 Å². The zero-order valence-electron chi connectivity index (χ0n) is 34.7. The lowest BCUT2D eigenvalue weighted by atomic mass is 9.95. The fraction of sp³-hybridized carbons (Fsp3) is 0.972. The second-order valence-electron chi connectivity index (χ2n) is 16.7. The molecule has 378 valence electrons. The maximum Gasteiger partial charge on any atom is 0.335 e. The van der Waals surface area contributed by atoms with E-state index in [0.717, 1.165) is 0 Å². The van der Waals surface area contributed by atoms with E-state index < -0.39 is 203 Å². The normalized spacial score (nSPS) is 54.6. The van der Waals surface area contributed by atoms with Crippen LogP contribution in [0.2, 0.25) is 0 Å². The Morgan fingerprint density at radius 2 is 0.738 bits per heavy atom. The average molecular weight is 957 g/mol. The van der Waals surface area contributed by atoms with Gasteiger partial charge in [0.2, 0.25) is 0 Å². The van der Waals surface area contributed by atoms with Crippen LogP contribution in [0.25, 0.3) is 0 Å². The molecule has 0 saturated carbocycles. The standard InChI is InChI=1S/C36H60O29/c1-6-11(39)16(44)20(48)32(55-6)60-24-14(42)10(5-38)59-35(23(24)51)63-27-18(46)13(41)8(3)57-36(27)62-26-19(47)22(50)34(64-28(26)30(52)53)61-25-15(43)9(4-37)58-31(54)29(25)65-33-21(49)17(45)12(40)7(2)56-33/h6-29,31-51,54H,4-5H2,1-3H3,(H,52,53). The van der Waals surface area contributed by atoms with Gasteiger partial charge >= 0.3 is 5.97 Å². The van der Waals surface area contributed by atoms with E-state index in [1.165, 1.54) is 20.8 Å². The van der Waals surface area contributed by atoms with Crippen LogP contribution in [-0.2, 0) is 56.9 Å². The lowest BCUT2D eigenvalue weighted by Gasteiger charge is -2.50. The maximum atomic E-state index is 12.7. The molecule has 30 unspecified atom stereocenters. The smallest absolute Gasteiger partial charge is 0.335 e. The number of aliphatic hydroxyl groups is 16. The summed E-state index contributed by atoms with van der Waals surface area (Å²) in [5.41, 5.74) is 0. The van der Waals surface area contributed by atoms with Gasteiger partial charge in [-0.25, -0.2) is 4.79 Å². The Labute approximate surface area is 367 Å². The number of rotatable bonds is 13. The molecule has 0 aromatic heterocycles. The first-order valence-corrected chi connectivity index (χ1v) is 20.7. The van der Waals surface area contributed by atoms with Crippen molar-refractivity contribution in [2.45, 2.75) is 205 Å². The molecule has 0 bridgehead atoms. The number of hydrogen-bond acceptors (Lipinski definition) is 28. The van der Waals surface area contributed by atoms with Crippen LogP contribution in [0.4, 0.5) is 0 Å². The quantitative estimate of drug-likeness (QED) is 0.0815. The molecule has 0 aromatic carbocycles. The van der Waals surface area contributed by atoms with Crippen LogP contribution in [0.5, 0.6) is 0 Å². The zero-order valence-corrected chi connectivity index (χ0v) is 34.7. The number of ether oxygens (including phenoxy) is 11. The number of aliphatic carboxylic acids is 1. The van der Waals surface area contributed by atoms with E-state index in [4.69, 9.17) is 52.1 Å². The van der Waals surface area contributed by atoms with Crippen molar-refractivity contribution in [3.8, 4) is 0 Å². The fourth-order valence-electron chi connectivity index (χ4n) is 8.27. The zero-order chi connectivity index (χ0) is 48.1. The minimum atomic E-state index is -2.37. The van der Waals surface area contributed by atoms with Gasteiger partial charge in [-0.3, -0.25) is 0 Å². The molecule has 6 heterocycles. The number of carboxylic acid groups (broad SMARTS) is 1. The molecule has 65 heavy (non-hydrogen) atoms. The molecule has 6 aliphatic rings. The molecule has 0 amide bonds. The molecule has 6 aliphatic heterocycles. The number of hydrogen-bond donors (Lipinski definition) is 17. The summed E-state index contributed by atoms with van der Waals surface area (Å²) < 4.78 is 61.2. The first-order valence-electron chi connectivity index (χ1n) is 20.7. The Kier molecular flexibility index (Phi) is 17.5. The molecular weight excluding hydrogens is 896 g/mol. The van der Waals surface area contributed by atoms with Crippen molar-refractivity contribution in [2.75, 3.05) is 13.2 Å². The van der Waals surface area contributed by atoms with Crippen LogP contribution in [0, 0.1) is 0 Å². The third kappa shape index (κ3) is 10.6. The van der Waals surface area contributed by atoms with Gasteiger partial charge in [-0.2, -0.15) is 0 Å². The number of carboxylic acids is 1. The lowest BCUT2D eigenvalue weighted by molar-refractivity contribution is -0.401. The van der Waals surface area contributed by atoms with E-state index in [1.807, 2.05) is 0 Å². The molecule has 30 atom stereocenters. The number of carbonyl (C=O) groups is 1. The summed E-state index contributed by atoms with van der Waals surface area (Å²) in [4.78, 5) is 12.7. The molecule has 29 heteroatoms. The molecule has 0 spiro atoms. The van der Waals surface area contributed by atoms with Gasteiger partial charge < -0.3 is 139 Å². The van der Waals surface area contributed by atoms with E-state index in [1.54, 1.807) is 0 Å². The summed E-state index contributed by atoms with van der Waals surface area (Å²) >= 11 is 0. The molecule has 29 nitrogen and oxygen atoms in total. The van der Waals surface area contributed by atoms with Crippen molar-refractivity contribution in [1.29, 1.82) is 0 Å². The van der Waals surface area contributed by atoms with Crippen LogP contribution in [0.15, 0.2) is 0 Å². The summed E-state index contributed by atoms with van der Waals surface area (Å²) in [5.74, 6) is -1.89. The Hall–Kier alpha value is -1.61. The van der Waals surface area contributed by atoms with Gasteiger partial charge in [0.25, 0.3) is 0 Å². The van der Waals surface area contributed by atoms with Crippen molar-refractivity contribution in [2.24, 2.45) is 0 Å². The highest BCUT2D eigenvalue weighted by molar-refractivity contribution is 5.73. The Morgan fingerprint density at radius 1 is 0.369 bits per heavy atom. The molecule has 0 aromatic rings. The highest BCUT2D eigenvalue weighted by Gasteiger charge is 2.58. The summed E-state index contributed by atoms with van der Waals surface area (Å²) in [6.07, 6.45) is -56.7. The molecule has 0 radical (unpaired) electrons. The van der Waals surface area contributed by atoms with E-state index in [-0.39, 0.29) is 0 Å². The van der Waals surface area contributed by atoms with Crippen LogP contribution in [0.3, 0.4) is 0 Å². The third-order valence-electron chi connectivity index (χ3n) is 12.3. The van der Waals surface area contributed by atoms with Crippen molar-refractivity contribution in [3.63, 3.8) is 0 Å². The van der Waals surface area contributed by atoms with Gasteiger partial charge in [0.05, 0.1) is 31.5 Å². The second kappa shape index (κ2) is 21.6. The summed E-state index contributed by atoms with van der Waals surface area (Å²) in [6, 6.07) is 0. The highest BCUT2D eigenvalue weighted by Crippen LogP contribution is 2.37. The van der Waals surface area contributed by atoms with Crippen molar-refractivity contribution in [1.82, 2.24) is 0 Å². The first kappa shape index (κ1) is 52.8. The largest absolute Gasteiger partial charge is 0.479 e. The molecule has 0 aliphatic carbocycles. The predicted octanol–water partition coefficient (Wildman–Crippen LogP) is -10.9. The maximum absolute atomic E-state index is 12.7. The molecule has 6 saturated heterocycles. The van der Waals surface area contributed by atoms with Crippen molar-refractivity contribution >= 4 is 5.97 Å². The lowest BCUT2D eigenvalue weighted by Crippen LogP contribution is -2.68. The minimum absolute atomic E-state index is 0.951. The Morgan fingerprint density at radius 3 is 1.26 bits per heavy atom. The van der Waals surface area contributed by atoms with Gasteiger partial charge in [0, 0.05) is 0 Å². The van der Waals surface area contributed by atoms with Gasteiger partial charge in [-0.15, -0.1) is 0 Å². The summed E-state index contributed by atoms with van der Waals surface area (Å²) in [7, 11) is 0. The van der Waals surface area contributed by atoms with Gasteiger partial charge in [-0.1, -0.05) is 0 Å². The van der Waals surface area contributed by atoms with Crippen LogP contribution < -0.4 is 0 Å².